The van der Waals surface area contributed by atoms with Crippen LogP contribution in [0.25, 0.3) is 5.69 Å². The Balaban J connectivity index is 1.64. The van der Waals surface area contributed by atoms with E-state index >= 15 is 0 Å². The summed E-state index contributed by atoms with van der Waals surface area (Å²) in [5.41, 5.74) is 2.00. The molecule has 0 saturated carbocycles. The molecule has 1 aromatic heterocycles. The van der Waals surface area contributed by atoms with Crippen molar-refractivity contribution in [2.24, 2.45) is 0 Å². The fourth-order valence-electron chi connectivity index (χ4n) is 2.78. The highest BCUT2D eigenvalue weighted by molar-refractivity contribution is 7.98. The second kappa shape index (κ2) is 7.13. The first kappa shape index (κ1) is 16.5. The first-order chi connectivity index (χ1) is 12.8. The molecule has 2 heterocycles. The van der Waals surface area contributed by atoms with Gasteiger partial charge >= 0.3 is 0 Å². The van der Waals surface area contributed by atoms with Crippen molar-refractivity contribution in [1.29, 1.82) is 0 Å². The van der Waals surface area contributed by atoms with Gasteiger partial charge in [0.2, 0.25) is 0 Å². The Labute approximate surface area is 155 Å². The van der Waals surface area contributed by atoms with E-state index in [2.05, 4.69) is 10.3 Å². The number of thioether (sulfide) groups is 1. The molecule has 0 atom stereocenters. The molecule has 0 bridgehead atoms. The van der Waals surface area contributed by atoms with Crippen LogP contribution >= 0.6 is 11.8 Å². The largest absolute Gasteiger partial charge is 0.486 e. The Bertz CT molecular complexity index is 940. The van der Waals surface area contributed by atoms with Gasteiger partial charge in [0.25, 0.3) is 5.91 Å². The summed E-state index contributed by atoms with van der Waals surface area (Å²) < 4.78 is 12.9. The molecule has 4 rings (SSSR count). The summed E-state index contributed by atoms with van der Waals surface area (Å²) in [6.45, 7) is 1.04. The molecule has 3 aromatic rings. The standard InChI is InChI=1S/C19H17N3O3S/c1-26-19-20-12-15(22(19)14-5-3-2-4-6-14)18(23)21-13-7-8-16-17(11-13)25-10-9-24-16/h2-8,11-12H,9-10H2,1H3,(H,21,23). The van der Waals surface area contributed by atoms with Crippen molar-refractivity contribution in [3.05, 3.63) is 60.4 Å². The lowest BCUT2D eigenvalue weighted by Crippen LogP contribution is -2.18. The zero-order valence-electron chi connectivity index (χ0n) is 14.1. The lowest BCUT2D eigenvalue weighted by atomic mass is 10.2. The van der Waals surface area contributed by atoms with Gasteiger partial charge in [-0.2, -0.15) is 0 Å². The number of ether oxygens (including phenoxy) is 2. The number of nitrogens with one attached hydrogen (secondary N) is 1. The minimum absolute atomic E-state index is 0.238. The number of rotatable bonds is 4. The first-order valence-corrected chi connectivity index (χ1v) is 9.37. The second-order valence-corrected chi connectivity index (χ2v) is 6.39. The Morgan fingerprint density at radius 3 is 2.65 bits per heavy atom. The highest BCUT2D eigenvalue weighted by atomic mass is 32.2. The number of hydrogen-bond donors (Lipinski definition) is 1. The summed E-state index contributed by atoms with van der Waals surface area (Å²) in [6.07, 6.45) is 3.52. The van der Waals surface area contributed by atoms with E-state index in [9.17, 15) is 4.79 Å². The molecule has 0 aliphatic carbocycles. The van der Waals surface area contributed by atoms with Crippen LogP contribution in [0.2, 0.25) is 0 Å². The molecular formula is C19H17N3O3S. The fraction of sp³-hybridized carbons (Fsp3) is 0.158. The monoisotopic (exact) mass is 367 g/mol. The van der Waals surface area contributed by atoms with Gasteiger partial charge < -0.3 is 14.8 Å². The average Bonchev–Trinajstić information content (AvgIpc) is 3.13. The van der Waals surface area contributed by atoms with Crippen LogP contribution in [0.1, 0.15) is 10.5 Å². The van der Waals surface area contributed by atoms with Crippen molar-refractivity contribution in [2.45, 2.75) is 5.16 Å². The number of hydrogen-bond acceptors (Lipinski definition) is 5. The molecular weight excluding hydrogens is 350 g/mol. The summed E-state index contributed by atoms with van der Waals surface area (Å²) in [4.78, 5) is 17.2. The van der Waals surface area contributed by atoms with E-state index in [1.54, 1.807) is 24.4 Å². The molecule has 6 nitrogen and oxygen atoms in total. The van der Waals surface area contributed by atoms with Crippen LogP contribution in [0.3, 0.4) is 0 Å². The molecule has 1 amide bonds. The van der Waals surface area contributed by atoms with Crippen LogP contribution in [0.5, 0.6) is 11.5 Å². The summed E-state index contributed by atoms with van der Waals surface area (Å²) in [6, 6.07) is 15.1. The smallest absolute Gasteiger partial charge is 0.274 e. The minimum Gasteiger partial charge on any atom is -0.486 e. The van der Waals surface area contributed by atoms with Gasteiger partial charge in [0.05, 0.1) is 6.20 Å². The number of carbonyl (C=O) groups is 1. The third-order valence-electron chi connectivity index (χ3n) is 3.96. The lowest BCUT2D eigenvalue weighted by molar-refractivity contribution is 0.102. The second-order valence-electron chi connectivity index (χ2n) is 5.61. The lowest BCUT2D eigenvalue weighted by Gasteiger charge is -2.19. The molecule has 2 aromatic carbocycles. The first-order valence-electron chi connectivity index (χ1n) is 8.14. The topological polar surface area (TPSA) is 65.4 Å². The molecule has 0 unspecified atom stereocenters. The van der Waals surface area contributed by atoms with E-state index in [-0.39, 0.29) is 5.91 Å². The van der Waals surface area contributed by atoms with Crippen LogP contribution in [-0.4, -0.2) is 34.9 Å². The van der Waals surface area contributed by atoms with Crippen LogP contribution in [0, 0.1) is 0 Å². The molecule has 7 heteroatoms. The van der Waals surface area contributed by atoms with Crippen molar-refractivity contribution in [1.82, 2.24) is 9.55 Å². The highest BCUT2D eigenvalue weighted by Gasteiger charge is 2.19. The van der Waals surface area contributed by atoms with Crippen molar-refractivity contribution >= 4 is 23.4 Å². The summed E-state index contributed by atoms with van der Waals surface area (Å²) >= 11 is 1.49. The van der Waals surface area contributed by atoms with E-state index in [1.807, 2.05) is 41.2 Å². The molecule has 1 aliphatic rings. The number of carbonyl (C=O) groups excluding carboxylic acids is 1. The number of imidazole rings is 1. The molecule has 132 valence electrons. The quantitative estimate of drug-likeness (QED) is 0.714. The third kappa shape index (κ3) is 3.13. The molecule has 0 spiro atoms. The number of benzene rings is 2. The average molecular weight is 367 g/mol. The maximum atomic E-state index is 12.9. The number of fused-ring (bicyclic) bond motifs is 1. The SMILES string of the molecule is CSc1ncc(C(=O)Nc2ccc3c(c2)OCCO3)n1-c1ccccc1. The Morgan fingerprint density at radius 1 is 1.12 bits per heavy atom. The van der Waals surface area contributed by atoms with Crippen molar-refractivity contribution in [3.8, 4) is 17.2 Å². The van der Waals surface area contributed by atoms with Gasteiger partial charge in [-0.1, -0.05) is 30.0 Å². The molecule has 0 saturated heterocycles. The Hall–Kier alpha value is -2.93. The number of aromatic nitrogens is 2. The molecule has 1 aliphatic heterocycles. The number of nitrogens with zero attached hydrogens (tertiary/aromatic N) is 2. The van der Waals surface area contributed by atoms with E-state index < -0.39 is 0 Å². The van der Waals surface area contributed by atoms with Gasteiger partial charge in [0.15, 0.2) is 16.7 Å². The van der Waals surface area contributed by atoms with Gasteiger partial charge in [-0.15, -0.1) is 0 Å². The van der Waals surface area contributed by atoms with Crippen LogP contribution in [0.4, 0.5) is 5.69 Å². The van der Waals surface area contributed by atoms with Gasteiger partial charge in [-0.25, -0.2) is 4.98 Å². The maximum absolute atomic E-state index is 12.9. The molecule has 0 fully saturated rings. The zero-order chi connectivity index (χ0) is 17.9. The third-order valence-corrected chi connectivity index (χ3v) is 4.61. The summed E-state index contributed by atoms with van der Waals surface area (Å²) in [5.74, 6) is 1.09. The number of amides is 1. The zero-order valence-corrected chi connectivity index (χ0v) is 15.0. The highest BCUT2D eigenvalue weighted by Crippen LogP contribution is 2.33. The predicted octanol–water partition coefficient (Wildman–Crippen LogP) is 3.62. The number of para-hydroxylation sites is 1. The van der Waals surface area contributed by atoms with Crippen molar-refractivity contribution in [2.75, 3.05) is 24.8 Å². The van der Waals surface area contributed by atoms with Crippen molar-refractivity contribution in [3.63, 3.8) is 0 Å². The van der Waals surface area contributed by atoms with E-state index in [0.29, 0.717) is 36.1 Å². The van der Waals surface area contributed by atoms with Crippen molar-refractivity contribution < 1.29 is 14.3 Å². The van der Waals surface area contributed by atoms with Crippen LogP contribution in [-0.2, 0) is 0 Å². The summed E-state index contributed by atoms with van der Waals surface area (Å²) in [7, 11) is 0. The van der Waals surface area contributed by atoms with Crippen LogP contribution in [0.15, 0.2) is 59.9 Å². The van der Waals surface area contributed by atoms with E-state index in [0.717, 1.165) is 10.8 Å². The Kier molecular flexibility index (Phi) is 4.53. The molecule has 1 N–H and O–H groups in total. The van der Waals surface area contributed by atoms with E-state index in [1.165, 1.54) is 11.8 Å². The normalized spacial score (nSPS) is 12.7. The van der Waals surface area contributed by atoms with Gasteiger partial charge in [-0.3, -0.25) is 9.36 Å². The molecule has 26 heavy (non-hydrogen) atoms. The number of anilines is 1. The van der Waals surface area contributed by atoms with Gasteiger partial charge in [0, 0.05) is 17.4 Å². The predicted molar refractivity (Wildman–Crippen MR) is 101 cm³/mol. The molecule has 0 radical (unpaired) electrons. The Morgan fingerprint density at radius 2 is 1.88 bits per heavy atom. The van der Waals surface area contributed by atoms with Crippen LogP contribution < -0.4 is 14.8 Å². The summed E-state index contributed by atoms with van der Waals surface area (Å²) in [5, 5.41) is 3.66. The minimum atomic E-state index is -0.238. The van der Waals surface area contributed by atoms with Gasteiger partial charge in [0.1, 0.15) is 18.9 Å². The van der Waals surface area contributed by atoms with E-state index in [4.69, 9.17) is 9.47 Å². The maximum Gasteiger partial charge on any atom is 0.274 e. The van der Waals surface area contributed by atoms with Gasteiger partial charge in [-0.05, 0) is 30.5 Å². The fourth-order valence-corrected chi connectivity index (χ4v) is 3.33.